The SMILES string of the molecule is CC(C)(C)CNC(=O)c1cc(O[C@@H]2C[C@H]3C(=O)N[C@]4(C(=O)NS(=O)(=O)C5CC5)C[C@H]4/C=C/CCCCC[C@H](NC(=O)OC(C)(C)C)C(=O)N3C2)cc(-c2ccccc2)n1. The van der Waals surface area contributed by atoms with E-state index in [1.54, 1.807) is 26.8 Å². The van der Waals surface area contributed by atoms with Gasteiger partial charge in [-0.05, 0) is 64.7 Å². The molecular formula is C43H58N6O9S. The minimum absolute atomic E-state index is 0.0101. The van der Waals surface area contributed by atoms with Crippen LogP contribution >= 0.6 is 0 Å². The lowest BCUT2D eigenvalue weighted by atomic mass is 9.97. The molecule has 1 saturated heterocycles. The molecule has 3 heterocycles. The van der Waals surface area contributed by atoms with Crippen molar-refractivity contribution in [1.82, 2.24) is 30.6 Å². The number of sulfonamides is 1. The second kappa shape index (κ2) is 17.3. The summed E-state index contributed by atoms with van der Waals surface area (Å²) < 4.78 is 40.1. The summed E-state index contributed by atoms with van der Waals surface area (Å²) in [4.78, 5) is 75.4. The van der Waals surface area contributed by atoms with Crippen LogP contribution in [0.25, 0.3) is 11.3 Å². The molecule has 2 saturated carbocycles. The molecule has 2 aliphatic carbocycles. The number of hydrogen-bond acceptors (Lipinski definition) is 10. The lowest BCUT2D eigenvalue weighted by molar-refractivity contribution is -0.141. The maximum absolute atomic E-state index is 14.6. The molecule has 0 radical (unpaired) electrons. The number of benzene rings is 1. The van der Waals surface area contributed by atoms with E-state index >= 15 is 0 Å². The molecule has 0 bridgehead atoms. The highest BCUT2D eigenvalue weighted by Crippen LogP contribution is 2.46. The van der Waals surface area contributed by atoms with Crippen molar-refractivity contribution in [2.45, 2.75) is 134 Å². The predicted octanol–water partition coefficient (Wildman–Crippen LogP) is 4.77. The third-order valence-electron chi connectivity index (χ3n) is 10.7. The van der Waals surface area contributed by atoms with Gasteiger partial charge in [0, 0.05) is 36.6 Å². The van der Waals surface area contributed by atoms with Crippen LogP contribution in [-0.2, 0) is 29.1 Å². The minimum Gasteiger partial charge on any atom is -0.488 e. The third kappa shape index (κ3) is 11.4. The number of allylic oxidation sites excluding steroid dienone is 1. The second-order valence-corrected chi connectivity index (χ2v) is 20.3. The number of nitrogens with zero attached hydrogens (tertiary/aromatic N) is 2. The van der Waals surface area contributed by atoms with Gasteiger partial charge in [-0.1, -0.05) is 76.1 Å². The highest BCUT2D eigenvalue weighted by molar-refractivity contribution is 7.91. The fourth-order valence-electron chi connectivity index (χ4n) is 7.37. The Morgan fingerprint density at radius 2 is 1.71 bits per heavy atom. The molecule has 1 aromatic carbocycles. The fourth-order valence-corrected chi connectivity index (χ4v) is 8.74. The van der Waals surface area contributed by atoms with Gasteiger partial charge < -0.3 is 30.3 Å². The largest absolute Gasteiger partial charge is 0.488 e. The van der Waals surface area contributed by atoms with Crippen LogP contribution in [0.5, 0.6) is 5.75 Å². The van der Waals surface area contributed by atoms with E-state index in [4.69, 9.17) is 9.47 Å². The van der Waals surface area contributed by atoms with Crippen molar-refractivity contribution in [2.24, 2.45) is 11.3 Å². The molecule has 6 rings (SSSR count). The molecule has 4 aliphatic rings. The quantitative estimate of drug-likeness (QED) is 0.255. The predicted molar refractivity (Wildman–Crippen MR) is 220 cm³/mol. The number of alkyl carbamates (subject to hydrolysis) is 1. The Kier molecular flexibility index (Phi) is 12.8. The normalized spacial score (nSPS) is 25.8. The van der Waals surface area contributed by atoms with Crippen molar-refractivity contribution in [3.63, 3.8) is 0 Å². The molecule has 16 heteroatoms. The first kappa shape index (κ1) is 43.6. The number of carbonyl (C=O) groups is 5. The van der Waals surface area contributed by atoms with E-state index in [1.807, 2.05) is 63.3 Å². The summed E-state index contributed by atoms with van der Waals surface area (Å²) in [5.74, 6) is -2.56. The highest BCUT2D eigenvalue weighted by atomic mass is 32.2. The number of fused-ring (bicyclic) bond motifs is 2. The van der Waals surface area contributed by atoms with Crippen molar-refractivity contribution in [3.05, 3.63) is 60.3 Å². The van der Waals surface area contributed by atoms with Crippen molar-refractivity contribution in [2.75, 3.05) is 13.1 Å². The molecule has 4 N–H and O–H groups in total. The first-order valence-corrected chi connectivity index (χ1v) is 22.1. The van der Waals surface area contributed by atoms with Crippen LogP contribution < -0.4 is 25.4 Å². The molecular weight excluding hydrogens is 777 g/mol. The number of pyridine rings is 1. The van der Waals surface area contributed by atoms with E-state index in [1.165, 1.54) is 11.0 Å². The number of amides is 5. The standard InChI is InChI=1S/C43H58N6O9S/c1-41(2,3)26-44-36(50)34-22-29(21-33(45-34)27-15-11-10-12-16-27)57-30-23-35-37(51)47-43(39(53)48-59(55,56)31-19-20-31)24-28(43)17-13-8-7-9-14-18-32(38(52)49(35)25-30)46-40(54)58-42(4,5)6/h10-13,15-17,21-22,28,30-32,35H,7-9,14,18-20,23-26H2,1-6H3,(H,44,50)(H,46,54)(H,47,51)(H,48,53)/b17-13+/t28-,30-,32+,35+,43-/m1/s1. The number of ether oxygens (including phenoxy) is 2. The average Bonchev–Trinajstić information content (AvgIpc) is 4.08. The molecule has 2 aliphatic heterocycles. The van der Waals surface area contributed by atoms with E-state index in [2.05, 4.69) is 25.7 Å². The van der Waals surface area contributed by atoms with Crippen LogP contribution in [0.3, 0.4) is 0 Å². The van der Waals surface area contributed by atoms with Crippen LogP contribution in [0.2, 0.25) is 0 Å². The van der Waals surface area contributed by atoms with Gasteiger partial charge in [0.2, 0.25) is 21.8 Å². The topological polar surface area (TPSA) is 202 Å². The van der Waals surface area contributed by atoms with E-state index in [0.717, 1.165) is 18.4 Å². The second-order valence-electron chi connectivity index (χ2n) is 18.4. The smallest absolute Gasteiger partial charge is 0.408 e. The molecule has 59 heavy (non-hydrogen) atoms. The molecule has 320 valence electrons. The Morgan fingerprint density at radius 1 is 0.983 bits per heavy atom. The van der Waals surface area contributed by atoms with Crippen LogP contribution in [0, 0.1) is 11.3 Å². The summed E-state index contributed by atoms with van der Waals surface area (Å²) >= 11 is 0. The molecule has 5 amide bonds. The Bertz CT molecular complexity index is 2060. The van der Waals surface area contributed by atoms with Gasteiger partial charge in [0.25, 0.3) is 11.8 Å². The molecule has 2 aromatic rings. The van der Waals surface area contributed by atoms with Crippen molar-refractivity contribution in [3.8, 4) is 17.0 Å². The van der Waals surface area contributed by atoms with Gasteiger partial charge in [-0.15, -0.1) is 0 Å². The number of carbonyl (C=O) groups excluding carboxylic acids is 5. The molecule has 0 unspecified atom stereocenters. The lowest BCUT2D eigenvalue weighted by Gasteiger charge is -2.30. The summed E-state index contributed by atoms with van der Waals surface area (Å²) in [6.07, 6.45) is 6.38. The van der Waals surface area contributed by atoms with E-state index in [9.17, 15) is 32.4 Å². The number of aromatic nitrogens is 1. The van der Waals surface area contributed by atoms with Gasteiger partial charge in [0.15, 0.2) is 0 Å². The van der Waals surface area contributed by atoms with Crippen LogP contribution in [0.1, 0.15) is 110 Å². The Balaban J connectivity index is 1.32. The van der Waals surface area contributed by atoms with Crippen LogP contribution in [-0.4, -0.2) is 95.7 Å². The van der Waals surface area contributed by atoms with Gasteiger partial charge in [-0.3, -0.25) is 23.9 Å². The van der Waals surface area contributed by atoms with Crippen molar-refractivity contribution >= 4 is 39.7 Å². The zero-order chi connectivity index (χ0) is 42.8. The van der Waals surface area contributed by atoms with Crippen LogP contribution in [0.15, 0.2) is 54.6 Å². The zero-order valence-corrected chi connectivity index (χ0v) is 35.7. The molecule has 1 aromatic heterocycles. The molecule has 15 nitrogen and oxygen atoms in total. The maximum atomic E-state index is 14.6. The Morgan fingerprint density at radius 3 is 2.39 bits per heavy atom. The van der Waals surface area contributed by atoms with Gasteiger partial charge in [-0.2, -0.15) is 0 Å². The van der Waals surface area contributed by atoms with Crippen LogP contribution in [0.4, 0.5) is 4.79 Å². The van der Waals surface area contributed by atoms with Crippen molar-refractivity contribution in [1.29, 1.82) is 0 Å². The average molecular weight is 835 g/mol. The number of rotatable bonds is 9. The summed E-state index contributed by atoms with van der Waals surface area (Å²) in [7, 11) is -3.92. The third-order valence-corrected chi connectivity index (χ3v) is 12.5. The minimum atomic E-state index is -3.92. The summed E-state index contributed by atoms with van der Waals surface area (Å²) in [5, 5.41) is 7.90. The number of hydrogen-bond donors (Lipinski definition) is 4. The summed E-state index contributed by atoms with van der Waals surface area (Å²) in [5.41, 5.74) is -1.21. The first-order chi connectivity index (χ1) is 27.7. The van der Waals surface area contributed by atoms with Crippen molar-refractivity contribution < 1.29 is 41.9 Å². The molecule has 5 atom stereocenters. The molecule has 3 fully saturated rings. The number of nitrogens with one attached hydrogen (secondary N) is 4. The summed E-state index contributed by atoms with van der Waals surface area (Å²) in [6.45, 7) is 11.5. The van der Waals surface area contributed by atoms with E-state index in [-0.39, 0.29) is 42.7 Å². The Labute approximate surface area is 346 Å². The fraction of sp³-hybridized carbons (Fsp3) is 0.581. The van der Waals surface area contributed by atoms with Gasteiger partial charge in [-0.25, -0.2) is 18.2 Å². The highest BCUT2D eigenvalue weighted by Gasteiger charge is 2.62. The van der Waals surface area contributed by atoms with E-state index < -0.39 is 80.2 Å². The first-order valence-electron chi connectivity index (χ1n) is 20.6. The maximum Gasteiger partial charge on any atom is 0.408 e. The summed E-state index contributed by atoms with van der Waals surface area (Å²) in [6, 6.07) is 10.3. The Hall–Kier alpha value is -4.99. The van der Waals surface area contributed by atoms with Gasteiger partial charge in [0.1, 0.15) is 40.8 Å². The zero-order valence-electron chi connectivity index (χ0n) is 34.8. The molecule has 0 spiro atoms. The monoisotopic (exact) mass is 834 g/mol. The van der Waals surface area contributed by atoms with Gasteiger partial charge in [0.05, 0.1) is 17.5 Å². The van der Waals surface area contributed by atoms with E-state index in [0.29, 0.717) is 37.9 Å². The van der Waals surface area contributed by atoms with Gasteiger partial charge >= 0.3 is 6.09 Å². The lowest BCUT2D eigenvalue weighted by Crippen LogP contribution is -2.58.